The standard InChI is InChI=1S/2C6H16N.2C2F6NO4S2/c2*1-5-6-7(2,3)4;2*3-1(4,5)14(10,11)9-15(12,13)2(6,7)8/h2*5-6H2,1-4H3;;/q2*+1;2*-1. The van der Waals surface area contributed by atoms with E-state index in [1.807, 2.05) is 0 Å². The molecule has 12 nitrogen and oxygen atoms in total. The summed E-state index contributed by atoms with van der Waals surface area (Å²) in [6.45, 7) is 6.98. The molecule has 0 heterocycles. The molecule has 272 valence electrons. The summed E-state index contributed by atoms with van der Waals surface area (Å²) < 4.78 is 221. The van der Waals surface area contributed by atoms with Crippen molar-refractivity contribution in [2.45, 2.75) is 48.7 Å². The largest absolute Gasteiger partial charge is 0.480 e. The SMILES string of the molecule is CCC[N+](C)(C)C.CCC[N+](C)(C)C.O=S(=O)([N-]S(=O)(=O)C(F)(F)F)C(F)(F)F.O=S(=O)([N-]S(=O)(=O)C(F)(F)F)C(F)(F)F. The van der Waals surface area contributed by atoms with Crippen LogP contribution in [0.15, 0.2) is 0 Å². The molecule has 0 bridgehead atoms. The van der Waals surface area contributed by atoms with Crippen molar-refractivity contribution < 1.29 is 95.3 Å². The molecule has 0 radical (unpaired) electrons. The van der Waals surface area contributed by atoms with Crippen LogP contribution in [0.4, 0.5) is 52.7 Å². The van der Waals surface area contributed by atoms with E-state index in [0.29, 0.717) is 0 Å². The third kappa shape index (κ3) is 21.5. The van der Waals surface area contributed by atoms with Crippen LogP contribution in [0.2, 0.25) is 0 Å². The quantitative estimate of drug-likeness (QED) is 0.261. The lowest BCUT2D eigenvalue weighted by Crippen LogP contribution is -2.34. The average Bonchev–Trinajstić information content (AvgIpc) is 2.62. The lowest BCUT2D eigenvalue weighted by atomic mass is 10.4. The molecule has 0 aliphatic heterocycles. The molecule has 0 saturated heterocycles. The zero-order valence-corrected chi connectivity index (χ0v) is 27.3. The summed E-state index contributed by atoms with van der Waals surface area (Å²) in [5.41, 5.74) is -24.8. The fourth-order valence-electron chi connectivity index (χ4n) is 1.77. The van der Waals surface area contributed by atoms with Gasteiger partial charge in [0.05, 0.1) is 55.4 Å². The summed E-state index contributed by atoms with van der Waals surface area (Å²) in [5.74, 6) is 0. The summed E-state index contributed by atoms with van der Waals surface area (Å²) in [6, 6.07) is 0. The van der Waals surface area contributed by atoms with Crippen molar-refractivity contribution in [3.05, 3.63) is 8.25 Å². The van der Waals surface area contributed by atoms with E-state index in [4.69, 9.17) is 0 Å². The van der Waals surface area contributed by atoms with E-state index in [0.717, 1.165) is 17.2 Å². The number of rotatable bonds is 8. The fraction of sp³-hybridized carbons (Fsp3) is 1.00. The van der Waals surface area contributed by atoms with E-state index in [-0.39, 0.29) is 0 Å². The highest BCUT2D eigenvalue weighted by Gasteiger charge is 2.48. The second kappa shape index (κ2) is 16.6. The van der Waals surface area contributed by atoms with E-state index in [1.54, 1.807) is 0 Å². The highest BCUT2D eigenvalue weighted by molar-refractivity contribution is 8.13. The zero-order valence-electron chi connectivity index (χ0n) is 24.1. The van der Waals surface area contributed by atoms with Gasteiger partial charge in [-0.05, 0) is 12.8 Å². The second-order valence-electron chi connectivity index (χ2n) is 9.86. The first-order chi connectivity index (χ1) is 18.5. The number of halogens is 12. The Balaban J connectivity index is -0.000000258. The van der Waals surface area contributed by atoms with Crippen LogP contribution in [0.1, 0.15) is 26.7 Å². The summed E-state index contributed by atoms with van der Waals surface area (Å²) in [4.78, 5) is 0. The predicted molar refractivity (Wildman–Crippen MR) is 133 cm³/mol. The zero-order chi connectivity index (χ0) is 37.2. The highest BCUT2D eigenvalue weighted by Crippen LogP contribution is 2.37. The first kappa shape index (κ1) is 49.7. The van der Waals surface area contributed by atoms with Gasteiger partial charge in [-0.15, -0.1) is 0 Å². The van der Waals surface area contributed by atoms with Crippen molar-refractivity contribution in [3.63, 3.8) is 0 Å². The summed E-state index contributed by atoms with van der Waals surface area (Å²) in [7, 11) is -13.6. The van der Waals surface area contributed by atoms with Gasteiger partial charge in [-0.25, -0.2) is 33.7 Å². The minimum atomic E-state index is -6.72. The molecule has 0 aromatic carbocycles. The Labute approximate surface area is 247 Å². The first-order valence-electron chi connectivity index (χ1n) is 10.9. The number of hydrogen-bond acceptors (Lipinski definition) is 8. The molecule has 0 fully saturated rings. The predicted octanol–water partition coefficient (Wildman–Crippen LogP) is 4.32. The van der Waals surface area contributed by atoms with Crippen LogP contribution in [0, 0.1) is 0 Å². The molecule has 0 amide bonds. The van der Waals surface area contributed by atoms with Gasteiger partial charge in [0.15, 0.2) is 40.1 Å². The molecule has 0 saturated carbocycles. The molecular formula is C16H32F12N4O8S4. The molecule has 0 atom stereocenters. The molecular weight excluding hydrogens is 732 g/mol. The molecule has 0 unspecified atom stereocenters. The van der Waals surface area contributed by atoms with Crippen LogP contribution >= 0.6 is 0 Å². The van der Waals surface area contributed by atoms with Gasteiger partial charge in [0.2, 0.25) is 0 Å². The Hall–Kier alpha value is -1.20. The first-order valence-corrected chi connectivity index (χ1v) is 16.6. The second-order valence-corrected chi connectivity index (χ2v) is 16.7. The smallest absolute Gasteiger partial charge is 0.421 e. The lowest BCUT2D eigenvalue weighted by molar-refractivity contribution is -0.870. The van der Waals surface area contributed by atoms with Gasteiger partial charge in [0.25, 0.3) is 0 Å². The van der Waals surface area contributed by atoms with Crippen molar-refractivity contribution in [1.82, 2.24) is 0 Å². The van der Waals surface area contributed by atoms with Crippen LogP contribution in [-0.4, -0.2) is 120 Å². The Morgan fingerprint density at radius 1 is 0.409 bits per heavy atom. The Kier molecular flexibility index (Phi) is 18.7. The summed E-state index contributed by atoms with van der Waals surface area (Å²) in [5, 5.41) is 0. The summed E-state index contributed by atoms with van der Waals surface area (Å²) in [6.07, 6.45) is 2.56. The fourth-order valence-corrected chi connectivity index (χ4v) is 5.19. The number of sulfonamides is 4. The molecule has 0 aromatic rings. The normalized spacial score (nSPS) is 14.3. The number of hydrogen-bond donors (Lipinski definition) is 0. The van der Waals surface area contributed by atoms with Crippen molar-refractivity contribution in [2.75, 3.05) is 55.4 Å². The van der Waals surface area contributed by atoms with E-state index in [2.05, 4.69) is 56.1 Å². The van der Waals surface area contributed by atoms with Gasteiger partial charge in [0, 0.05) is 0 Å². The molecule has 0 aliphatic carbocycles. The van der Waals surface area contributed by atoms with E-state index < -0.39 is 62.1 Å². The van der Waals surface area contributed by atoms with Crippen LogP contribution in [0.3, 0.4) is 0 Å². The summed E-state index contributed by atoms with van der Waals surface area (Å²) >= 11 is 0. The molecule has 0 spiro atoms. The topological polar surface area (TPSA) is 165 Å². The molecule has 0 aliphatic rings. The van der Waals surface area contributed by atoms with E-state index >= 15 is 0 Å². The monoisotopic (exact) mass is 764 g/mol. The van der Waals surface area contributed by atoms with Gasteiger partial charge < -0.3 is 17.2 Å². The van der Waals surface area contributed by atoms with Gasteiger partial charge in [-0.2, -0.15) is 52.7 Å². The van der Waals surface area contributed by atoms with Crippen LogP contribution < -0.4 is 0 Å². The molecule has 0 N–H and O–H groups in total. The van der Waals surface area contributed by atoms with Crippen LogP contribution in [-0.2, 0) is 40.1 Å². The Morgan fingerprint density at radius 3 is 0.591 bits per heavy atom. The van der Waals surface area contributed by atoms with Crippen molar-refractivity contribution >= 4 is 40.1 Å². The number of nitrogens with zero attached hydrogens (tertiary/aromatic N) is 4. The minimum Gasteiger partial charge on any atom is -0.421 e. The number of quaternary nitrogens is 2. The van der Waals surface area contributed by atoms with E-state index in [1.165, 1.54) is 25.9 Å². The maximum Gasteiger partial charge on any atom is 0.480 e. The third-order valence-electron chi connectivity index (χ3n) is 3.35. The maximum atomic E-state index is 11.4. The van der Waals surface area contributed by atoms with Gasteiger partial charge in [0.1, 0.15) is 0 Å². The molecule has 0 aromatic heterocycles. The number of alkyl halides is 12. The van der Waals surface area contributed by atoms with Crippen LogP contribution in [0.25, 0.3) is 8.25 Å². The van der Waals surface area contributed by atoms with E-state index in [9.17, 15) is 86.4 Å². The molecule has 28 heteroatoms. The van der Waals surface area contributed by atoms with Crippen LogP contribution in [0.5, 0.6) is 0 Å². The molecule has 44 heavy (non-hydrogen) atoms. The van der Waals surface area contributed by atoms with Crippen molar-refractivity contribution in [1.29, 1.82) is 0 Å². The van der Waals surface area contributed by atoms with Crippen molar-refractivity contribution in [2.24, 2.45) is 0 Å². The highest BCUT2D eigenvalue weighted by atomic mass is 32.3. The van der Waals surface area contributed by atoms with Crippen molar-refractivity contribution in [3.8, 4) is 0 Å². The Morgan fingerprint density at radius 2 is 0.545 bits per heavy atom. The van der Waals surface area contributed by atoms with Gasteiger partial charge in [-0.3, -0.25) is 0 Å². The molecule has 0 rings (SSSR count). The third-order valence-corrected chi connectivity index (χ3v) is 8.83. The Bertz CT molecular complexity index is 1110. The minimum absolute atomic E-state index is 0.778. The average molecular weight is 765 g/mol. The lowest BCUT2D eigenvalue weighted by Gasteiger charge is -2.22. The maximum absolute atomic E-state index is 11.4. The van der Waals surface area contributed by atoms with Gasteiger partial charge in [-0.1, -0.05) is 13.8 Å². The van der Waals surface area contributed by atoms with Gasteiger partial charge >= 0.3 is 22.0 Å².